The van der Waals surface area contributed by atoms with Crippen molar-refractivity contribution in [2.75, 3.05) is 38.2 Å². The Morgan fingerprint density at radius 3 is 2.96 bits per heavy atom. The number of nitrogens with zero attached hydrogens (tertiary/aromatic N) is 4. The molecular weight excluding hydrogens is 332 g/mol. The van der Waals surface area contributed by atoms with E-state index in [9.17, 15) is 4.79 Å². The van der Waals surface area contributed by atoms with Crippen LogP contribution in [0, 0.1) is 5.92 Å². The number of anilines is 1. The molecule has 2 N–H and O–H groups in total. The van der Waals surface area contributed by atoms with Crippen molar-refractivity contribution in [3.05, 3.63) is 18.1 Å². The third-order valence-electron chi connectivity index (χ3n) is 5.88. The van der Waals surface area contributed by atoms with Crippen molar-refractivity contribution < 1.29 is 9.53 Å². The Bertz CT molecular complexity index is 656. The highest BCUT2D eigenvalue weighted by Gasteiger charge is 2.42. The molecule has 2 saturated heterocycles. The van der Waals surface area contributed by atoms with Crippen LogP contribution in [0.1, 0.15) is 37.9 Å². The summed E-state index contributed by atoms with van der Waals surface area (Å²) in [7, 11) is 1.84. The zero-order valence-electron chi connectivity index (χ0n) is 15.5. The number of carbonyl (C=O) groups excluding carboxylic acids is 1. The standard InChI is InChI=1S/C18H28N6O2/c1-3-26-12-4-5-14-13(8-12)18(22-21-14)15-9-16(20-11-19-15)24-7-6-23(2)17(25)10-24/h9,11-14,18,21-22H,3-8,10H2,1-2H3. The highest BCUT2D eigenvalue weighted by molar-refractivity contribution is 5.82. The first-order valence-corrected chi connectivity index (χ1v) is 9.59. The summed E-state index contributed by atoms with van der Waals surface area (Å²) in [5.41, 5.74) is 7.86. The zero-order chi connectivity index (χ0) is 18.1. The van der Waals surface area contributed by atoms with Crippen LogP contribution in [-0.4, -0.2) is 66.2 Å². The van der Waals surface area contributed by atoms with E-state index in [1.807, 2.05) is 18.0 Å². The van der Waals surface area contributed by atoms with E-state index in [2.05, 4.69) is 27.7 Å². The average Bonchev–Trinajstić information content (AvgIpc) is 3.08. The van der Waals surface area contributed by atoms with E-state index in [1.165, 1.54) is 0 Å². The van der Waals surface area contributed by atoms with Crippen LogP contribution in [0.15, 0.2) is 12.4 Å². The summed E-state index contributed by atoms with van der Waals surface area (Å²) in [6.07, 6.45) is 5.21. The predicted octanol–water partition coefficient (Wildman–Crippen LogP) is 0.478. The van der Waals surface area contributed by atoms with Crippen molar-refractivity contribution in [1.29, 1.82) is 0 Å². The van der Waals surface area contributed by atoms with E-state index in [0.29, 0.717) is 24.6 Å². The predicted molar refractivity (Wildman–Crippen MR) is 97.4 cm³/mol. The van der Waals surface area contributed by atoms with E-state index in [-0.39, 0.29) is 11.9 Å². The monoisotopic (exact) mass is 360 g/mol. The third kappa shape index (κ3) is 3.41. The summed E-state index contributed by atoms with van der Waals surface area (Å²) < 4.78 is 5.88. The first-order valence-electron chi connectivity index (χ1n) is 9.59. The smallest absolute Gasteiger partial charge is 0.241 e. The maximum Gasteiger partial charge on any atom is 0.241 e. The molecule has 1 amide bonds. The lowest BCUT2D eigenvalue weighted by Gasteiger charge is -2.34. The van der Waals surface area contributed by atoms with Crippen LogP contribution >= 0.6 is 0 Å². The number of hydrogen-bond acceptors (Lipinski definition) is 7. The third-order valence-corrected chi connectivity index (χ3v) is 5.88. The van der Waals surface area contributed by atoms with E-state index >= 15 is 0 Å². The SMILES string of the molecule is CCOC1CCC2NNC(c3cc(N4CCN(C)C(=O)C4)ncn3)C2C1. The van der Waals surface area contributed by atoms with Gasteiger partial charge in [-0.3, -0.25) is 10.2 Å². The number of piperazine rings is 1. The fraction of sp³-hybridized carbons (Fsp3) is 0.722. The van der Waals surface area contributed by atoms with E-state index in [0.717, 1.165) is 50.5 Å². The Balaban J connectivity index is 1.50. The minimum absolute atomic E-state index is 0.129. The number of hydrogen-bond donors (Lipinski definition) is 2. The van der Waals surface area contributed by atoms with Gasteiger partial charge in [0.15, 0.2) is 0 Å². The van der Waals surface area contributed by atoms with Crippen LogP contribution in [0.3, 0.4) is 0 Å². The normalized spacial score (nSPS) is 32.0. The lowest BCUT2D eigenvalue weighted by atomic mass is 9.79. The molecule has 8 nitrogen and oxygen atoms in total. The van der Waals surface area contributed by atoms with Crippen LogP contribution in [-0.2, 0) is 9.53 Å². The molecule has 1 aliphatic carbocycles. The fourth-order valence-electron chi connectivity index (χ4n) is 4.36. The molecule has 0 radical (unpaired) electrons. The van der Waals surface area contributed by atoms with Gasteiger partial charge in [-0.05, 0) is 26.2 Å². The molecule has 142 valence electrons. The van der Waals surface area contributed by atoms with Crippen molar-refractivity contribution in [2.45, 2.75) is 44.4 Å². The van der Waals surface area contributed by atoms with Crippen molar-refractivity contribution in [2.24, 2.45) is 5.92 Å². The fourth-order valence-corrected chi connectivity index (χ4v) is 4.36. The number of carbonyl (C=O) groups is 1. The maximum atomic E-state index is 12.0. The molecule has 26 heavy (non-hydrogen) atoms. The highest BCUT2D eigenvalue weighted by Crippen LogP contribution is 2.38. The van der Waals surface area contributed by atoms with Gasteiger partial charge in [0.05, 0.1) is 24.4 Å². The molecule has 1 aromatic rings. The van der Waals surface area contributed by atoms with Gasteiger partial charge < -0.3 is 14.5 Å². The van der Waals surface area contributed by atoms with Gasteiger partial charge in [0.1, 0.15) is 12.1 Å². The summed E-state index contributed by atoms with van der Waals surface area (Å²) in [4.78, 5) is 24.8. The van der Waals surface area contributed by atoms with Gasteiger partial charge >= 0.3 is 0 Å². The second kappa shape index (κ2) is 7.46. The van der Waals surface area contributed by atoms with Crippen LogP contribution in [0.4, 0.5) is 5.82 Å². The number of aromatic nitrogens is 2. The molecule has 0 aromatic carbocycles. The number of likely N-dealkylation sites (N-methyl/N-ethyl adjacent to an activating group) is 1. The molecule has 4 atom stereocenters. The van der Waals surface area contributed by atoms with Gasteiger partial charge in [0.2, 0.25) is 5.91 Å². The van der Waals surface area contributed by atoms with Crippen molar-refractivity contribution in [3.63, 3.8) is 0 Å². The Labute approximate surface area is 154 Å². The lowest BCUT2D eigenvalue weighted by Crippen LogP contribution is -2.48. The summed E-state index contributed by atoms with van der Waals surface area (Å²) in [6, 6.07) is 2.64. The van der Waals surface area contributed by atoms with Crippen LogP contribution < -0.4 is 15.8 Å². The van der Waals surface area contributed by atoms with Gasteiger partial charge in [0, 0.05) is 44.8 Å². The van der Waals surface area contributed by atoms with E-state index < -0.39 is 0 Å². The second-order valence-corrected chi connectivity index (χ2v) is 7.47. The number of rotatable bonds is 4. The summed E-state index contributed by atoms with van der Waals surface area (Å²) in [6.45, 7) is 4.73. The first-order chi connectivity index (χ1) is 12.7. The van der Waals surface area contributed by atoms with Crippen molar-refractivity contribution >= 4 is 11.7 Å². The summed E-state index contributed by atoms with van der Waals surface area (Å²) >= 11 is 0. The molecule has 3 fully saturated rings. The Kier molecular flexibility index (Phi) is 5.06. The minimum Gasteiger partial charge on any atom is -0.378 e. The molecular formula is C18H28N6O2. The quantitative estimate of drug-likeness (QED) is 0.808. The van der Waals surface area contributed by atoms with Gasteiger partial charge in [0.25, 0.3) is 0 Å². The van der Waals surface area contributed by atoms with Crippen LogP contribution in [0.25, 0.3) is 0 Å². The van der Waals surface area contributed by atoms with Gasteiger partial charge in [-0.1, -0.05) is 0 Å². The minimum atomic E-state index is 0.129. The molecule has 0 spiro atoms. The molecule has 8 heteroatoms. The van der Waals surface area contributed by atoms with Gasteiger partial charge in [-0.15, -0.1) is 0 Å². The second-order valence-electron chi connectivity index (χ2n) is 7.47. The maximum absolute atomic E-state index is 12.0. The zero-order valence-corrected chi connectivity index (χ0v) is 15.5. The summed E-state index contributed by atoms with van der Waals surface area (Å²) in [5.74, 6) is 1.42. The number of ether oxygens (including phenoxy) is 1. The van der Waals surface area contributed by atoms with Gasteiger partial charge in [-0.25, -0.2) is 15.4 Å². The molecule has 3 aliphatic rings. The Morgan fingerprint density at radius 1 is 1.27 bits per heavy atom. The topological polar surface area (TPSA) is 82.6 Å². The van der Waals surface area contributed by atoms with Crippen molar-refractivity contribution in [1.82, 2.24) is 25.7 Å². The largest absolute Gasteiger partial charge is 0.378 e. The number of nitrogens with one attached hydrogen (secondary N) is 2. The molecule has 2 aliphatic heterocycles. The highest BCUT2D eigenvalue weighted by atomic mass is 16.5. The van der Waals surface area contributed by atoms with E-state index in [1.54, 1.807) is 11.2 Å². The number of fused-ring (bicyclic) bond motifs is 1. The van der Waals surface area contributed by atoms with Crippen molar-refractivity contribution in [3.8, 4) is 0 Å². The van der Waals surface area contributed by atoms with Crippen LogP contribution in [0.2, 0.25) is 0 Å². The molecule has 0 bridgehead atoms. The first kappa shape index (κ1) is 17.6. The lowest BCUT2D eigenvalue weighted by molar-refractivity contribution is -0.129. The Morgan fingerprint density at radius 2 is 2.15 bits per heavy atom. The molecule has 1 saturated carbocycles. The number of amides is 1. The molecule has 4 unspecified atom stereocenters. The Hall–Kier alpha value is -1.77. The average molecular weight is 360 g/mol. The number of hydrazine groups is 1. The molecule has 1 aromatic heterocycles. The molecule has 4 rings (SSSR count). The van der Waals surface area contributed by atoms with E-state index in [4.69, 9.17) is 4.74 Å². The van der Waals surface area contributed by atoms with Crippen LogP contribution in [0.5, 0.6) is 0 Å². The summed E-state index contributed by atoms with van der Waals surface area (Å²) in [5, 5.41) is 0. The van der Waals surface area contributed by atoms with Gasteiger partial charge in [-0.2, -0.15) is 0 Å². The molecule has 3 heterocycles.